The predicted molar refractivity (Wildman–Crippen MR) is 218 cm³/mol. The average molecular weight is 770 g/mol. The molecule has 12 heteroatoms. The molecule has 0 saturated heterocycles. The van der Waals surface area contributed by atoms with Gasteiger partial charge in [0.2, 0.25) is 0 Å². The third-order valence-electron chi connectivity index (χ3n) is 9.47. The minimum atomic E-state index is -0.00884. The highest BCUT2D eigenvalue weighted by atomic mass is 35.5. The Labute approximate surface area is 321 Å². The molecule has 2 rings (SSSR count). The van der Waals surface area contributed by atoms with E-state index in [4.69, 9.17) is 23.2 Å². The fourth-order valence-corrected chi connectivity index (χ4v) is 8.61. The first-order valence-electron chi connectivity index (χ1n) is 18.5. The number of hydrogen-bond donors (Lipinski definition) is 0. The molecule has 2 aromatic carbocycles. The fourth-order valence-electron chi connectivity index (χ4n) is 5.75. The minimum Gasteiger partial charge on any atom is -0.336 e. The van der Waals surface area contributed by atoms with Gasteiger partial charge in [-0.05, 0) is 88.8 Å². The van der Waals surface area contributed by atoms with E-state index in [1.54, 1.807) is 12.1 Å². The van der Waals surface area contributed by atoms with Crippen LogP contribution in [0.25, 0.3) is 0 Å². The Morgan fingerprint density at radius 1 is 0.460 bits per heavy atom. The van der Waals surface area contributed by atoms with Crippen LogP contribution in [0.3, 0.4) is 0 Å². The molecule has 2 aromatic rings. The molecular formula is C38H62Cl2N6O2S2. The number of rotatable bonds is 25. The molecule has 0 atom stereocenters. The largest absolute Gasteiger partial charge is 0.336 e. The van der Waals surface area contributed by atoms with E-state index < -0.39 is 0 Å². The van der Waals surface area contributed by atoms with Gasteiger partial charge in [-0.25, -0.2) is 0 Å². The average Bonchev–Trinajstić information content (AvgIpc) is 3.13. The van der Waals surface area contributed by atoms with Gasteiger partial charge in [-0.3, -0.25) is 9.59 Å². The van der Waals surface area contributed by atoms with E-state index in [0.29, 0.717) is 47.4 Å². The van der Waals surface area contributed by atoms with E-state index in [1.807, 2.05) is 34.1 Å². The van der Waals surface area contributed by atoms with Crippen LogP contribution < -0.4 is 0 Å². The molecule has 0 aliphatic heterocycles. The van der Waals surface area contributed by atoms with E-state index in [-0.39, 0.29) is 11.8 Å². The number of carbonyl (C=O) groups excluding carboxylic acids is 2. The highest BCUT2D eigenvalue weighted by Gasteiger charge is 2.24. The Morgan fingerprint density at radius 3 is 0.960 bits per heavy atom. The summed E-state index contributed by atoms with van der Waals surface area (Å²) >= 11 is 13.1. The monoisotopic (exact) mass is 768 g/mol. The van der Waals surface area contributed by atoms with Crippen LogP contribution in [0.2, 0.25) is 10.0 Å². The summed E-state index contributed by atoms with van der Waals surface area (Å²) < 4.78 is 0. The van der Waals surface area contributed by atoms with Gasteiger partial charge in [-0.1, -0.05) is 100 Å². The zero-order valence-electron chi connectivity index (χ0n) is 31.9. The lowest BCUT2D eigenvalue weighted by molar-refractivity contribution is 0.0707. The van der Waals surface area contributed by atoms with Gasteiger partial charge < -0.3 is 29.4 Å². The quantitative estimate of drug-likeness (QED) is 0.0942. The first kappa shape index (κ1) is 44.7. The van der Waals surface area contributed by atoms with Crippen molar-refractivity contribution in [3.8, 4) is 0 Å². The SMILES string of the molecule is CCN(CC)CCN(CCN(CC)CC)C(=O)c1ccc(Cl)cc1SSc1cc(Cl)ccc1C(=O)N(CCN(CC)CC)CCN(CC)CC. The lowest BCUT2D eigenvalue weighted by atomic mass is 10.2. The molecular weight excluding hydrogens is 707 g/mol. The summed E-state index contributed by atoms with van der Waals surface area (Å²) in [6.07, 6.45) is 0. The molecule has 8 nitrogen and oxygen atoms in total. The standard InChI is InChI=1S/C38H62Cl2N6O2S2/c1-9-41(10-2)21-25-45(26-22-42(11-3)12-4)37(47)33-19-17-31(39)29-35(33)49-50-36-30-32(40)18-20-34(36)38(48)46(27-23-43(13-5)14-6)28-24-44(15-7)16-8/h17-20,29-30H,9-16,21-28H2,1-8H3. The van der Waals surface area contributed by atoms with E-state index in [2.05, 4.69) is 75.0 Å². The number of nitrogens with zero attached hydrogens (tertiary/aromatic N) is 6. The van der Waals surface area contributed by atoms with Crippen molar-refractivity contribution in [1.82, 2.24) is 29.4 Å². The van der Waals surface area contributed by atoms with Crippen LogP contribution in [0, 0.1) is 0 Å². The van der Waals surface area contributed by atoms with Crippen LogP contribution >= 0.6 is 44.8 Å². The molecule has 0 aliphatic carbocycles. The van der Waals surface area contributed by atoms with Crippen molar-refractivity contribution in [3.63, 3.8) is 0 Å². The summed E-state index contributed by atoms with van der Waals surface area (Å²) in [5.74, 6) is -0.0177. The van der Waals surface area contributed by atoms with Gasteiger partial charge in [-0.15, -0.1) is 0 Å². The number of likely N-dealkylation sites (N-methyl/N-ethyl adjacent to an activating group) is 4. The molecule has 0 saturated carbocycles. The molecule has 0 spiro atoms. The maximum Gasteiger partial charge on any atom is 0.255 e. The summed E-state index contributed by atoms with van der Waals surface area (Å²) in [5.41, 5.74) is 1.22. The normalized spacial score (nSPS) is 11.7. The molecule has 0 bridgehead atoms. The Balaban J connectivity index is 2.41. The molecule has 0 unspecified atom stereocenters. The Hall–Kier alpha value is -1.50. The third-order valence-corrected chi connectivity index (χ3v) is 12.4. The van der Waals surface area contributed by atoms with Gasteiger partial charge in [0.15, 0.2) is 0 Å². The summed E-state index contributed by atoms with van der Waals surface area (Å²) in [4.78, 5) is 43.4. The maximum atomic E-state index is 14.3. The first-order valence-corrected chi connectivity index (χ1v) is 21.4. The Bertz CT molecular complexity index is 1160. The van der Waals surface area contributed by atoms with Crippen molar-refractivity contribution < 1.29 is 9.59 Å². The predicted octanol–water partition coefficient (Wildman–Crippen LogP) is 8.04. The summed E-state index contributed by atoms with van der Waals surface area (Å²) in [6.45, 7) is 30.6. The zero-order valence-corrected chi connectivity index (χ0v) is 35.0. The molecule has 0 aliphatic rings. The second kappa shape index (κ2) is 24.7. The number of halogens is 2. The van der Waals surface area contributed by atoms with Crippen LogP contribution in [0.1, 0.15) is 76.1 Å². The molecule has 0 heterocycles. The minimum absolute atomic E-state index is 0.00884. The van der Waals surface area contributed by atoms with Crippen molar-refractivity contribution in [3.05, 3.63) is 57.6 Å². The number of hydrogen-bond acceptors (Lipinski definition) is 8. The van der Waals surface area contributed by atoms with Crippen LogP contribution in [-0.2, 0) is 0 Å². The molecule has 0 fully saturated rings. The smallest absolute Gasteiger partial charge is 0.255 e. The van der Waals surface area contributed by atoms with E-state index >= 15 is 0 Å². The number of carbonyl (C=O) groups is 2. The topological polar surface area (TPSA) is 53.6 Å². The highest BCUT2D eigenvalue weighted by Crippen LogP contribution is 2.43. The molecule has 0 aromatic heterocycles. The molecule has 2 amide bonds. The lowest BCUT2D eigenvalue weighted by Crippen LogP contribution is -2.43. The maximum absolute atomic E-state index is 14.3. The van der Waals surface area contributed by atoms with Gasteiger partial charge in [0.05, 0.1) is 11.1 Å². The van der Waals surface area contributed by atoms with Crippen molar-refractivity contribution in [2.45, 2.75) is 65.2 Å². The van der Waals surface area contributed by atoms with Gasteiger partial charge in [0.25, 0.3) is 11.8 Å². The van der Waals surface area contributed by atoms with Crippen LogP contribution in [0.4, 0.5) is 0 Å². The lowest BCUT2D eigenvalue weighted by Gasteiger charge is -2.30. The fraction of sp³-hybridized carbons (Fsp3) is 0.632. The van der Waals surface area contributed by atoms with E-state index in [0.717, 1.165) is 88.3 Å². The summed E-state index contributed by atoms with van der Waals surface area (Å²) in [6, 6.07) is 10.9. The second-order valence-electron chi connectivity index (χ2n) is 12.1. The molecule has 0 N–H and O–H groups in total. The van der Waals surface area contributed by atoms with Crippen LogP contribution in [0.5, 0.6) is 0 Å². The van der Waals surface area contributed by atoms with Gasteiger partial charge in [-0.2, -0.15) is 0 Å². The van der Waals surface area contributed by atoms with Gasteiger partial charge in [0.1, 0.15) is 0 Å². The van der Waals surface area contributed by atoms with Crippen molar-refractivity contribution in [2.24, 2.45) is 0 Å². The highest BCUT2D eigenvalue weighted by molar-refractivity contribution is 8.76. The van der Waals surface area contributed by atoms with Crippen LogP contribution in [0.15, 0.2) is 46.2 Å². The zero-order chi connectivity index (χ0) is 37.1. The van der Waals surface area contributed by atoms with Crippen LogP contribution in [-0.4, -0.2) is 146 Å². The molecule has 282 valence electrons. The summed E-state index contributed by atoms with van der Waals surface area (Å²) in [5, 5.41) is 1.12. The second-order valence-corrected chi connectivity index (χ2v) is 15.2. The number of amides is 2. The van der Waals surface area contributed by atoms with Crippen molar-refractivity contribution in [1.29, 1.82) is 0 Å². The number of benzene rings is 2. The Morgan fingerprint density at radius 2 is 0.720 bits per heavy atom. The van der Waals surface area contributed by atoms with Crippen molar-refractivity contribution in [2.75, 3.05) is 105 Å². The van der Waals surface area contributed by atoms with E-state index in [1.165, 1.54) is 21.6 Å². The van der Waals surface area contributed by atoms with Gasteiger partial charge >= 0.3 is 0 Å². The summed E-state index contributed by atoms with van der Waals surface area (Å²) in [7, 11) is 2.90. The van der Waals surface area contributed by atoms with Gasteiger partial charge in [0, 0.05) is 72.2 Å². The molecule has 50 heavy (non-hydrogen) atoms. The first-order chi connectivity index (χ1) is 24.1. The van der Waals surface area contributed by atoms with E-state index in [9.17, 15) is 9.59 Å². The third kappa shape index (κ3) is 14.5. The van der Waals surface area contributed by atoms with Crippen molar-refractivity contribution >= 4 is 56.6 Å². The molecule has 0 radical (unpaired) electrons. The Kier molecular flexibility index (Phi) is 22.1.